The molecule has 0 aliphatic heterocycles. The number of hydrogen-bond donors (Lipinski definition) is 3. The highest BCUT2D eigenvalue weighted by Crippen LogP contribution is 2.19. The zero-order chi connectivity index (χ0) is 16.4. The van der Waals surface area contributed by atoms with Gasteiger partial charge in [0, 0.05) is 18.1 Å². The van der Waals surface area contributed by atoms with E-state index in [9.17, 15) is 0 Å². The van der Waals surface area contributed by atoms with Crippen molar-refractivity contribution < 1.29 is 0 Å². The van der Waals surface area contributed by atoms with Crippen molar-refractivity contribution in [2.75, 3.05) is 11.1 Å². The first-order valence-electron chi connectivity index (χ1n) is 7.49. The number of H-pyrrole nitrogens is 1. The molecule has 0 spiro atoms. The SMILES string of the molecule is Nc1nc(Nc2ccc(Cc3ccncc3)cc2)nc2nc[nH]c12. The average Bonchev–Trinajstić information content (AvgIpc) is 3.07. The molecule has 0 aliphatic carbocycles. The van der Waals surface area contributed by atoms with E-state index >= 15 is 0 Å². The molecule has 24 heavy (non-hydrogen) atoms. The zero-order valence-electron chi connectivity index (χ0n) is 12.8. The van der Waals surface area contributed by atoms with Gasteiger partial charge in [0.2, 0.25) is 5.95 Å². The van der Waals surface area contributed by atoms with Crippen LogP contribution in [0.5, 0.6) is 0 Å². The van der Waals surface area contributed by atoms with E-state index in [1.165, 1.54) is 11.1 Å². The maximum atomic E-state index is 5.90. The minimum Gasteiger partial charge on any atom is -0.382 e. The minimum absolute atomic E-state index is 0.370. The Hall–Kier alpha value is -3.48. The monoisotopic (exact) mass is 317 g/mol. The molecule has 4 rings (SSSR count). The number of hydrogen-bond acceptors (Lipinski definition) is 6. The molecule has 0 amide bonds. The predicted molar refractivity (Wildman–Crippen MR) is 92.9 cm³/mol. The summed E-state index contributed by atoms with van der Waals surface area (Å²) in [5.41, 5.74) is 10.4. The topological polar surface area (TPSA) is 105 Å². The van der Waals surface area contributed by atoms with E-state index < -0.39 is 0 Å². The van der Waals surface area contributed by atoms with E-state index in [2.05, 4.69) is 42.4 Å². The van der Waals surface area contributed by atoms with Gasteiger partial charge >= 0.3 is 0 Å². The third-order valence-electron chi connectivity index (χ3n) is 3.68. The lowest BCUT2D eigenvalue weighted by molar-refractivity contribution is 1.16. The van der Waals surface area contributed by atoms with Gasteiger partial charge in [-0.25, -0.2) is 4.98 Å². The lowest BCUT2D eigenvalue weighted by Gasteiger charge is -2.07. The molecule has 4 N–H and O–H groups in total. The van der Waals surface area contributed by atoms with Gasteiger partial charge in [-0.05, 0) is 41.8 Å². The number of aromatic amines is 1. The summed E-state index contributed by atoms with van der Waals surface area (Å²) in [6.45, 7) is 0. The molecule has 3 aromatic heterocycles. The van der Waals surface area contributed by atoms with Crippen LogP contribution >= 0.6 is 0 Å². The van der Waals surface area contributed by atoms with Crippen LogP contribution in [0.15, 0.2) is 55.1 Å². The van der Waals surface area contributed by atoms with Crippen LogP contribution in [-0.2, 0) is 6.42 Å². The zero-order valence-corrected chi connectivity index (χ0v) is 12.8. The molecule has 7 heteroatoms. The summed E-state index contributed by atoms with van der Waals surface area (Å²) < 4.78 is 0. The summed E-state index contributed by atoms with van der Waals surface area (Å²) in [6.07, 6.45) is 6.02. The second-order valence-corrected chi connectivity index (χ2v) is 5.39. The number of nitrogens with two attached hydrogens (primary N) is 1. The number of rotatable bonds is 4. The van der Waals surface area contributed by atoms with E-state index in [1.807, 2.05) is 24.3 Å². The van der Waals surface area contributed by atoms with Crippen LogP contribution in [0.4, 0.5) is 17.5 Å². The molecule has 0 bridgehead atoms. The molecule has 118 valence electrons. The molecule has 1 aromatic carbocycles. The Morgan fingerprint density at radius 3 is 2.50 bits per heavy atom. The van der Waals surface area contributed by atoms with Crippen molar-refractivity contribution in [1.29, 1.82) is 0 Å². The summed E-state index contributed by atoms with van der Waals surface area (Å²) in [5, 5.41) is 3.15. The van der Waals surface area contributed by atoms with E-state index in [0.717, 1.165) is 12.1 Å². The van der Waals surface area contributed by atoms with Crippen LogP contribution in [0.25, 0.3) is 11.2 Å². The highest BCUT2D eigenvalue weighted by molar-refractivity contribution is 5.82. The first kappa shape index (κ1) is 14.1. The Morgan fingerprint density at radius 1 is 0.958 bits per heavy atom. The Morgan fingerprint density at radius 2 is 1.71 bits per heavy atom. The number of nitrogens with zero attached hydrogens (tertiary/aromatic N) is 4. The number of aromatic nitrogens is 5. The molecule has 0 atom stereocenters. The van der Waals surface area contributed by atoms with E-state index in [0.29, 0.717) is 22.9 Å². The van der Waals surface area contributed by atoms with Gasteiger partial charge in [0.25, 0.3) is 0 Å². The normalized spacial score (nSPS) is 10.8. The quantitative estimate of drug-likeness (QED) is 0.534. The standard InChI is InChI=1S/C17H15N7/c18-15-14-16(21-10-20-14)24-17(23-15)22-13-3-1-11(2-4-13)9-12-5-7-19-8-6-12/h1-8,10H,9H2,(H4,18,20,21,22,23,24). The van der Waals surface area contributed by atoms with Gasteiger partial charge in [-0.2, -0.15) is 9.97 Å². The lowest BCUT2D eigenvalue weighted by Crippen LogP contribution is -2.01. The van der Waals surface area contributed by atoms with E-state index in [4.69, 9.17) is 5.73 Å². The molecule has 0 saturated carbocycles. The fourth-order valence-corrected chi connectivity index (χ4v) is 2.48. The molecule has 3 heterocycles. The van der Waals surface area contributed by atoms with Gasteiger partial charge in [0.05, 0.1) is 6.33 Å². The van der Waals surface area contributed by atoms with Crippen molar-refractivity contribution in [1.82, 2.24) is 24.9 Å². The first-order chi connectivity index (χ1) is 11.8. The number of imidazole rings is 1. The number of anilines is 3. The molecule has 0 aliphatic rings. The lowest BCUT2D eigenvalue weighted by atomic mass is 10.1. The number of nitrogen functional groups attached to an aromatic ring is 1. The van der Waals surface area contributed by atoms with Gasteiger partial charge in [-0.3, -0.25) is 4.98 Å². The van der Waals surface area contributed by atoms with Gasteiger partial charge < -0.3 is 16.0 Å². The molecule has 4 aromatic rings. The van der Waals surface area contributed by atoms with Gasteiger partial charge in [-0.15, -0.1) is 0 Å². The van der Waals surface area contributed by atoms with Crippen LogP contribution in [0, 0.1) is 0 Å². The summed E-state index contributed by atoms with van der Waals surface area (Å²) >= 11 is 0. The number of nitrogens with one attached hydrogen (secondary N) is 2. The number of fused-ring (bicyclic) bond motifs is 1. The van der Waals surface area contributed by atoms with Gasteiger partial charge in [0.1, 0.15) is 5.52 Å². The highest BCUT2D eigenvalue weighted by atomic mass is 15.2. The van der Waals surface area contributed by atoms with E-state index in [1.54, 1.807) is 18.7 Å². The largest absolute Gasteiger partial charge is 0.382 e. The summed E-state index contributed by atoms with van der Waals surface area (Å²) in [6, 6.07) is 12.2. The van der Waals surface area contributed by atoms with Crippen molar-refractivity contribution in [2.45, 2.75) is 6.42 Å². The fourth-order valence-electron chi connectivity index (χ4n) is 2.48. The smallest absolute Gasteiger partial charge is 0.231 e. The molecule has 0 saturated heterocycles. The summed E-state index contributed by atoms with van der Waals surface area (Å²) in [5.74, 6) is 0.795. The molecule has 7 nitrogen and oxygen atoms in total. The summed E-state index contributed by atoms with van der Waals surface area (Å²) in [4.78, 5) is 19.6. The average molecular weight is 317 g/mol. The number of pyridine rings is 1. The summed E-state index contributed by atoms with van der Waals surface area (Å²) in [7, 11) is 0. The van der Waals surface area contributed by atoms with Crippen LogP contribution in [0.3, 0.4) is 0 Å². The molecule has 0 unspecified atom stereocenters. The maximum Gasteiger partial charge on any atom is 0.231 e. The van der Waals surface area contributed by atoms with Crippen molar-refractivity contribution in [3.05, 3.63) is 66.2 Å². The molecule has 0 fully saturated rings. The predicted octanol–water partition coefficient (Wildman–Crippen LogP) is 2.66. The Balaban J connectivity index is 1.52. The van der Waals surface area contributed by atoms with Crippen molar-refractivity contribution in [3.8, 4) is 0 Å². The molecule has 0 radical (unpaired) electrons. The van der Waals surface area contributed by atoms with Crippen LogP contribution in [-0.4, -0.2) is 24.9 Å². The van der Waals surface area contributed by atoms with Crippen molar-refractivity contribution >= 4 is 28.6 Å². The first-order valence-corrected chi connectivity index (χ1v) is 7.49. The van der Waals surface area contributed by atoms with Gasteiger partial charge in [0.15, 0.2) is 11.5 Å². The third kappa shape index (κ3) is 2.87. The van der Waals surface area contributed by atoms with E-state index in [-0.39, 0.29) is 0 Å². The van der Waals surface area contributed by atoms with Crippen LogP contribution < -0.4 is 11.1 Å². The Kier molecular flexibility index (Phi) is 3.51. The fraction of sp³-hybridized carbons (Fsp3) is 0.0588. The second kappa shape index (κ2) is 5.96. The van der Waals surface area contributed by atoms with Crippen molar-refractivity contribution in [3.63, 3.8) is 0 Å². The van der Waals surface area contributed by atoms with Crippen molar-refractivity contribution in [2.24, 2.45) is 0 Å². The van der Waals surface area contributed by atoms with Crippen LogP contribution in [0.1, 0.15) is 11.1 Å². The van der Waals surface area contributed by atoms with Gasteiger partial charge in [-0.1, -0.05) is 12.1 Å². The minimum atomic E-state index is 0.370. The Labute approximate surface area is 138 Å². The molecular weight excluding hydrogens is 302 g/mol. The molecular formula is C17H15N7. The maximum absolute atomic E-state index is 5.90. The Bertz CT molecular complexity index is 961. The second-order valence-electron chi connectivity index (χ2n) is 5.39. The highest BCUT2D eigenvalue weighted by Gasteiger charge is 2.07. The van der Waals surface area contributed by atoms with Crippen LogP contribution in [0.2, 0.25) is 0 Å². The third-order valence-corrected chi connectivity index (χ3v) is 3.68. The number of benzene rings is 1.